The van der Waals surface area contributed by atoms with Gasteiger partial charge in [-0.2, -0.15) is 0 Å². The summed E-state index contributed by atoms with van der Waals surface area (Å²) >= 11 is 0. The van der Waals surface area contributed by atoms with Gasteiger partial charge in [-0.15, -0.1) is 0 Å². The molecule has 1 spiro atoms. The molecule has 2 heterocycles. The Morgan fingerprint density at radius 2 is 2.09 bits per heavy atom. The van der Waals surface area contributed by atoms with E-state index in [1.165, 1.54) is 25.0 Å². The Balaban J connectivity index is 1.61. The fourth-order valence-corrected chi connectivity index (χ4v) is 3.98. The van der Waals surface area contributed by atoms with Crippen LogP contribution in [0.1, 0.15) is 36.2 Å². The minimum absolute atomic E-state index is 0.0154. The summed E-state index contributed by atoms with van der Waals surface area (Å²) in [5.41, 5.74) is 1.45. The Bertz CT molecular complexity index is 734. The number of carbonyl (C=O) groups is 1. The highest BCUT2D eigenvalue weighted by Gasteiger charge is 2.39. The Kier molecular flexibility index (Phi) is 3.60. The zero-order valence-electron chi connectivity index (χ0n) is 13.1. The molecule has 0 bridgehead atoms. The maximum absolute atomic E-state index is 13.3. The molecule has 1 saturated carbocycles. The molecule has 5 heteroatoms. The number of benzene rings is 1. The minimum Gasteiger partial charge on any atom is -0.379 e. The summed E-state index contributed by atoms with van der Waals surface area (Å²) in [7, 11) is 0. The second kappa shape index (κ2) is 5.64. The summed E-state index contributed by atoms with van der Waals surface area (Å²) in [4.78, 5) is 17.9. The summed E-state index contributed by atoms with van der Waals surface area (Å²) in [6.07, 6.45) is 4.71. The molecule has 2 fully saturated rings. The van der Waals surface area contributed by atoms with Crippen molar-refractivity contribution in [1.29, 1.82) is 0 Å². The fourth-order valence-electron chi connectivity index (χ4n) is 3.98. The zero-order valence-corrected chi connectivity index (χ0v) is 13.1. The van der Waals surface area contributed by atoms with Crippen LogP contribution in [0.4, 0.5) is 4.39 Å². The average Bonchev–Trinajstić information content (AvgIpc) is 3.10. The molecule has 122 valence electrons. The highest BCUT2D eigenvalue weighted by molar-refractivity contribution is 5.98. The molecule has 2 aliphatic rings. The zero-order chi connectivity index (χ0) is 15.9. The molecule has 1 N–H and O–H groups in total. The number of halogens is 1. The molecule has 1 saturated heterocycles. The lowest BCUT2D eigenvalue weighted by molar-refractivity contribution is 0.0642. The lowest BCUT2D eigenvalue weighted by Gasteiger charge is -2.31. The number of fused-ring (bicyclic) bond motifs is 1. The number of hydrogen-bond acceptors (Lipinski definition) is 2. The van der Waals surface area contributed by atoms with Crippen molar-refractivity contribution in [3.8, 4) is 0 Å². The van der Waals surface area contributed by atoms with Crippen LogP contribution in [0.5, 0.6) is 0 Å². The predicted molar refractivity (Wildman–Crippen MR) is 85.9 cm³/mol. The smallest absolute Gasteiger partial charge is 0.270 e. The molecule has 1 amide bonds. The molecular weight excluding hydrogens is 295 g/mol. The molecule has 4 nitrogen and oxygen atoms in total. The molecule has 23 heavy (non-hydrogen) atoms. The number of aromatic amines is 1. The van der Waals surface area contributed by atoms with Crippen molar-refractivity contribution in [3.05, 3.63) is 35.8 Å². The van der Waals surface area contributed by atoms with Gasteiger partial charge in [-0.25, -0.2) is 4.39 Å². The molecule has 4 rings (SSSR count). The van der Waals surface area contributed by atoms with Gasteiger partial charge in [0.15, 0.2) is 0 Å². The van der Waals surface area contributed by atoms with Gasteiger partial charge in [-0.05, 0) is 37.1 Å². The molecule has 0 atom stereocenters. The third kappa shape index (κ3) is 2.74. The van der Waals surface area contributed by atoms with Gasteiger partial charge >= 0.3 is 0 Å². The van der Waals surface area contributed by atoms with Gasteiger partial charge in [0.2, 0.25) is 0 Å². The SMILES string of the molecule is O=C(c1cc2cc(F)ccc2[nH]1)N1CCOCC2(CCCC2)C1. The molecule has 1 aromatic heterocycles. The Morgan fingerprint density at radius 1 is 1.26 bits per heavy atom. The third-order valence-corrected chi connectivity index (χ3v) is 5.20. The van der Waals surface area contributed by atoms with Crippen LogP contribution in [0.2, 0.25) is 0 Å². The molecule has 1 aromatic carbocycles. The van der Waals surface area contributed by atoms with Crippen LogP contribution >= 0.6 is 0 Å². The van der Waals surface area contributed by atoms with Crippen LogP contribution in [-0.4, -0.2) is 42.1 Å². The van der Waals surface area contributed by atoms with Crippen LogP contribution in [0.25, 0.3) is 10.9 Å². The van der Waals surface area contributed by atoms with Crippen LogP contribution in [0.3, 0.4) is 0 Å². The van der Waals surface area contributed by atoms with Crippen molar-refractivity contribution in [1.82, 2.24) is 9.88 Å². The van der Waals surface area contributed by atoms with E-state index in [4.69, 9.17) is 4.74 Å². The van der Waals surface area contributed by atoms with Gasteiger partial charge in [0.1, 0.15) is 11.5 Å². The van der Waals surface area contributed by atoms with Gasteiger partial charge in [0.25, 0.3) is 5.91 Å². The van der Waals surface area contributed by atoms with Crippen molar-refractivity contribution in [2.24, 2.45) is 5.41 Å². The number of rotatable bonds is 1. The molecule has 0 unspecified atom stereocenters. The normalized spacial score (nSPS) is 21.0. The van der Waals surface area contributed by atoms with Gasteiger partial charge < -0.3 is 14.6 Å². The number of amides is 1. The quantitative estimate of drug-likeness (QED) is 0.877. The number of aromatic nitrogens is 1. The van der Waals surface area contributed by atoms with Gasteiger partial charge in [-0.3, -0.25) is 4.79 Å². The third-order valence-electron chi connectivity index (χ3n) is 5.20. The second-order valence-corrected chi connectivity index (χ2v) is 6.90. The fraction of sp³-hybridized carbons (Fsp3) is 0.500. The summed E-state index contributed by atoms with van der Waals surface area (Å²) in [6.45, 7) is 2.72. The second-order valence-electron chi connectivity index (χ2n) is 6.90. The highest BCUT2D eigenvalue weighted by atomic mass is 19.1. The van der Waals surface area contributed by atoms with E-state index in [9.17, 15) is 9.18 Å². The van der Waals surface area contributed by atoms with E-state index in [1.54, 1.807) is 12.1 Å². The highest BCUT2D eigenvalue weighted by Crippen LogP contribution is 2.40. The number of nitrogens with one attached hydrogen (secondary N) is 1. The topological polar surface area (TPSA) is 45.3 Å². The summed E-state index contributed by atoms with van der Waals surface area (Å²) in [5.74, 6) is -0.304. The van der Waals surface area contributed by atoms with Crippen molar-refractivity contribution in [3.63, 3.8) is 0 Å². The Hall–Kier alpha value is -1.88. The number of carbonyl (C=O) groups excluding carboxylic acids is 1. The number of nitrogens with zero attached hydrogens (tertiary/aromatic N) is 1. The van der Waals surface area contributed by atoms with Crippen molar-refractivity contribution in [2.45, 2.75) is 25.7 Å². The maximum atomic E-state index is 13.3. The first-order chi connectivity index (χ1) is 11.2. The standard InChI is InChI=1S/C18H21FN2O2/c19-14-3-4-15-13(9-14)10-16(20-15)17(22)21-7-8-23-12-18(11-21)5-1-2-6-18/h3-4,9-10,20H,1-2,5-8,11-12H2. The van der Waals surface area contributed by atoms with E-state index in [0.717, 1.165) is 36.9 Å². The van der Waals surface area contributed by atoms with E-state index in [-0.39, 0.29) is 17.1 Å². The van der Waals surface area contributed by atoms with E-state index >= 15 is 0 Å². The molecular formula is C18H21FN2O2. The van der Waals surface area contributed by atoms with Crippen molar-refractivity contribution >= 4 is 16.8 Å². The van der Waals surface area contributed by atoms with Crippen LogP contribution in [-0.2, 0) is 4.74 Å². The van der Waals surface area contributed by atoms with Crippen LogP contribution in [0, 0.1) is 11.2 Å². The first-order valence-electron chi connectivity index (χ1n) is 8.31. The van der Waals surface area contributed by atoms with E-state index in [0.29, 0.717) is 18.8 Å². The molecule has 1 aliphatic heterocycles. The predicted octanol–water partition coefficient (Wildman–Crippen LogP) is 3.34. The minimum atomic E-state index is -0.288. The van der Waals surface area contributed by atoms with E-state index in [1.807, 2.05) is 4.90 Å². The largest absolute Gasteiger partial charge is 0.379 e. The van der Waals surface area contributed by atoms with E-state index in [2.05, 4.69) is 4.98 Å². The van der Waals surface area contributed by atoms with Gasteiger partial charge in [-0.1, -0.05) is 12.8 Å². The lowest BCUT2D eigenvalue weighted by Crippen LogP contribution is -2.40. The molecule has 2 aromatic rings. The van der Waals surface area contributed by atoms with Crippen molar-refractivity contribution in [2.75, 3.05) is 26.3 Å². The summed E-state index contributed by atoms with van der Waals surface area (Å²) in [5, 5.41) is 0.731. The Labute approximate surface area is 134 Å². The van der Waals surface area contributed by atoms with Crippen molar-refractivity contribution < 1.29 is 13.9 Å². The van der Waals surface area contributed by atoms with E-state index < -0.39 is 0 Å². The number of H-pyrrole nitrogens is 1. The Morgan fingerprint density at radius 3 is 2.91 bits per heavy atom. The first-order valence-corrected chi connectivity index (χ1v) is 8.31. The molecule has 0 radical (unpaired) electrons. The lowest BCUT2D eigenvalue weighted by atomic mass is 9.86. The first kappa shape index (κ1) is 14.7. The number of hydrogen-bond donors (Lipinski definition) is 1. The van der Waals surface area contributed by atoms with Gasteiger partial charge in [0, 0.05) is 29.4 Å². The number of ether oxygens (including phenoxy) is 1. The summed E-state index contributed by atoms with van der Waals surface area (Å²) in [6, 6.07) is 6.27. The monoisotopic (exact) mass is 316 g/mol. The molecule has 1 aliphatic carbocycles. The summed E-state index contributed by atoms with van der Waals surface area (Å²) < 4.78 is 19.1. The van der Waals surface area contributed by atoms with Gasteiger partial charge in [0.05, 0.1) is 13.2 Å². The van der Waals surface area contributed by atoms with Crippen LogP contribution < -0.4 is 0 Å². The van der Waals surface area contributed by atoms with Crippen LogP contribution in [0.15, 0.2) is 24.3 Å². The average molecular weight is 316 g/mol. The maximum Gasteiger partial charge on any atom is 0.270 e.